The fourth-order valence-electron chi connectivity index (χ4n) is 8.28. The zero-order chi connectivity index (χ0) is 29.1. The summed E-state index contributed by atoms with van der Waals surface area (Å²) in [5.41, 5.74) is 10.0. The molecular weight excluding hydrogens is 533 g/mol. The molecule has 0 saturated carbocycles. The number of anilines is 2. The van der Waals surface area contributed by atoms with Gasteiger partial charge in [0.05, 0.1) is 35.4 Å². The van der Waals surface area contributed by atoms with E-state index >= 15 is 0 Å². The molecule has 1 spiro atoms. The van der Waals surface area contributed by atoms with Crippen LogP contribution < -0.4 is 15.4 Å². The molecule has 1 aliphatic carbocycles. The molecule has 5 unspecified atom stereocenters. The first-order valence-electron chi connectivity index (χ1n) is 15.4. The van der Waals surface area contributed by atoms with Gasteiger partial charge < -0.3 is 20.1 Å². The first-order chi connectivity index (χ1) is 20.3. The van der Waals surface area contributed by atoms with Crippen molar-refractivity contribution in [2.75, 3.05) is 43.4 Å². The van der Waals surface area contributed by atoms with E-state index in [1.165, 1.54) is 0 Å². The zero-order valence-corrected chi connectivity index (χ0v) is 24.2. The maximum Gasteiger partial charge on any atom is 0.318 e. The van der Waals surface area contributed by atoms with Gasteiger partial charge >= 0.3 is 6.01 Å². The van der Waals surface area contributed by atoms with Crippen molar-refractivity contribution < 1.29 is 13.9 Å². The van der Waals surface area contributed by atoms with Gasteiger partial charge in [0.2, 0.25) is 0 Å². The fraction of sp³-hybridized carbons (Fsp3) is 0.625. The number of alkyl halides is 1. The third kappa shape index (κ3) is 4.39. The number of hydrogen-bond donors (Lipinski definition) is 1. The number of nitrogens with zero attached hydrogens (tertiary/aromatic N) is 6. The Morgan fingerprint density at radius 2 is 2.05 bits per heavy atom. The lowest BCUT2D eigenvalue weighted by molar-refractivity contribution is -0.0873. The van der Waals surface area contributed by atoms with Crippen molar-refractivity contribution in [3.8, 4) is 18.1 Å². The van der Waals surface area contributed by atoms with Crippen molar-refractivity contribution in [3.63, 3.8) is 0 Å². The molecule has 5 aliphatic rings. The monoisotopic (exact) mass is 571 g/mol. The summed E-state index contributed by atoms with van der Waals surface area (Å²) in [6, 6.07) is 8.96. The molecule has 1 aromatic heterocycles. The molecule has 1 aromatic carbocycles. The number of nitrogens with two attached hydrogens (primary N) is 1. The van der Waals surface area contributed by atoms with Crippen LogP contribution in [0.4, 0.5) is 15.9 Å². The van der Waals surface area contributed by atoms with Gasteiger partial charge in [0.15, 0.2) is 0 Å². The molecule has 9 nitrogen and oxygen atoms in total. The summed E-state index contributed by atoms with van der Waals surface area (Å²) < 4.78 is 27.6. The summed E-state index contributed by atoms with van der Waals surface area (Å²) in [7, 11) is 0. The summed E-state index contributed by atoms with van der Waals surface area (Å²) in [4.78, 5) is 14.3. The Hall–Kier alpha value is -3.47. The third-order valence-corrected chi connectivity index (χ3v) is 10.5. The number of nitriles is 2. The standard InChI is InChI=1S/C32H38FN7O2/c1-20-7-9-32(28-23(20)5-6-26(36)24(28)15-35)13-27-25(18-42-32)29(39-10-2-4-21(14-34)16-39)38-30(37-27)41-19-31-8-3-11-40(31)17-22(33)12-31/h5-6,20-22H,2-4,7-13,16-19,36H2,1H3. The highest BCUT2D eigenvalue weighted by Crippen LogP contribution is 2.51. The molecule has 3 fully saturated rings. The van der Waals surface area contributed by atoms with Gasteiger partial charge in [0.1, 0.15) is 30.3 Å². The number of rotatable bonds is 4. The normalized spacial score (nSPS) is 32.1. The highest BCUT2D eigenvalue weighted by atomic mass is 19.1. The zero-order valence-electron chi connectivity index (χ0n) is 24.2. The second kappa shape index (κ2) is 10.4. The highest BCUT2D eigenvalue weighted by molar-refractivity contribution is 5.64. The minimum absolute atomic E-state index is 0.0663. The number of aromatic nitrogens is 2. The van der Waals surface area contributed by atoms with E-state index in [9.17, 15) is 14.9 Å². The molecule has 2 aromatic rings. The van der Waals surface area contributed by atoms with Crippen molar-refractivity contribution in [1.29, 1.82) is 10.5 Å². The predicted octanol–water partition coefficient (Wildman–Crippen LogP) is 4.49. The van der Waals surface area contributed by atoms with Crippen molar-refractivity contribution in [2.24, 2.45) is 5.92 Å². The Morgan fingerprint density at radius 3 is 2.88 bits per heavy atom. The van der Waals surface area contributed by atoms with Gasteiger partial charge in [-0.2, -0.15) is 20.5 Å². The molecule has 5 atom stereocenters. The lowest BCUT2D eigenvalue weighted by Gasteiger charge is -2.45. The Balaban J connectivity index is 1.28. The minimum Gasteiger partial charge on any atom is -0.461 e. The van der Waals surface area contributed by atoms with Crippen LogP contribution in [0.1, 0.15) is 85.7 Å². The number of benzene rings is 1. The van der Waals surface area contributed by atoms with Gasteiger partial charge in [-0.05, 0) is 62.6 Å². The first-order valence-corrected chi connectivity index (χ1v) is 15.4. The summed E-state index contributed by atoms with van der Waals surface area (Å²) >= 11 is 0. The Labute approximate surface area is 246 Å². The van der Waals surface area contributed by atoms with Crippen LogP contribution in [0.15, 0.2) is 12.1 Å². The van der Waals surface area contributed by atoms with Crippen molar-refractivity contribution in [3.05, 3.63) is 40.1 Å². The summed E-state index contributed by atoms with van der Waals surface area (Å²) in [6.07, 6.45) is 5.53. The lowest BCUT2D eigenvalue weighted by atomic mass is 9.69. The number of hydrogen-bond acceptors (Lipinski definition) is 9. The quantitative estimate of drug-likeness (QED) is 0.529. The number of ether oxygens (including phenoxy) is 2. The maximum absolute atomic E-state index is 14.5. The molecule has 0 amide bonds. The van der Waals surface area contributed by atoms with E-state index < -0.39 is 11.8 Å². The van der Waals surface area contributed by atoms with Gasteiger partial charge in [-0.3, -0.25) is 4.90 Å². The van der Waals surface area contributed by atoms with Gasteiger partial charge in [-0.15, -0.1) is 0 Å². The molecular formula is C32H38FN7O2. The molecule has 2 N–H and O–H groups in total. The van der Waals surface area contributed by atoms with E-state index in [0.717, 1.165) is 79.8 Å². The van der Waals surface area contributed by atoms with Gasteiger partial charge in [-0.1, -0.05) is 13.0 Å². The van der Waals surface area contributed by atoms with Crippen LogP contribution in [0.5, 0.6) is 6.01 Å². The average Bonchev–Trinajstić information content (AvgIpc) is 3.53. The SMILES string of the molecule is CC1CCC2(Cc3nc(OCC45CCCN4CC(F)C5)nc(N4CCCC(C#N)C4)c3CO2)c2c1ccc(N)c2C#N. The second-order valence-electron chi connectivity index (χ2n) is 13.0. The van der Waals surface area contributed by atoms with Gasteiger partial charge in [0.25, 0.3) is 0 Å². The molecule has 0 radical (unpaired) electrons. The number of piperidine rings is 1. The smallest absolute Gasteiger partial charge is 0.318 e. The summed E-state index contributed by atoms with van der Waals surface area (Å²) in [6.45, 7) is 5.59. The summed E-state index contributed by atoms with van der Waals surface area (Å²) in [5.74, 6) is 0.986. The third-order valence-electron chi connectivity index (χ3n) is 10.5. The van der Waals surface area contributed by atoms with Crippen molar-refractivity contribution in [1.82, 2.24) is 14.9 Å². The van der Waals surface area contributed by atoms with E-state index in [4.69, 9.17) is 25.2 Å². The van der Waals surface area contributed by atoms with E-state index in [2.05, 4.69) is 28.9 Å². The van der Waals surface area contributed by atoms with Crippen LogP contribution >= 0.6 is 0 Å². The number of nitrogen functional groups attached to an aromatic ring is 1. The van der Waals surface area contributed by atoms with E-state index in [0.29, 0.717) is 62.3 Å². The van der Waals surface area contributed by atoms with E-state index in [1.54, 1.807) is 0 Å². The average molecular weight is 572 g/mol. The Morgan fingerprint density at radius 1 is 1.17 bits per heavy atom. The minimum atomic E-state index is -0.835. The molecule has 4 aliphatic heterocycles. The van der Waals surface area contributed by atoms with Crippen LogP contribution in [0, 0.1) is 28.6 Å². The van der Waals surface area contributed by atoms with E-state index in [1.807, 2.05) is 12.1 Å². The molecule has 7 rings (SSSR count). The molecule has 0 bridgehead atoms. The number of halogens is 1. The van der Waals surface area contributed by atoms with E-state index in [-0.39, 0.29) is 11.5 Å². The Kier molecular flexibility index (Phi) is 6.75. The fourth-order valence-corrected chi connectivity index (χ4v) is 8.28. The Bertz CT molecular complexity index is 1490. The van der Waals surface area contributed by atoms with Crippen LogP contribution in [-0.2, 0) is 23.4 Å². The first kappa shape index (κ1) is 27.4. The molecule has 42 heavy (non-hydrogen) atoms. The largest absolute Gasteiger partial charge is 0.461 e. The molecule has 5 heterocycles. The molecule has 220 valence electrons. The van der Waals surface area contributed by atoms with Crippen molar-refractivity contribution >= 4 is 11.5 Å². The lowest BCUT2D eigenvalue weighted by Crippen LogP contribution is -2.44. The maximum atomic E-state index is 14.5. The second-order valence-corrected chi connectivity index (χ2v) is 13.0. The highest BCUT2D eigenvalue weighted by Gasteiger charge is 2.50. The van der Waals surface area contributed by atoms with Crippen LogP contribution in [0.25, 0.3) is 0 Å². The van der Waals surface area contributed by atoms with Crippen LogP contribution in [-0.4, -0.2) is 59.4 Å². The topological polar surface area (TPSA) is 124 Å². The predicted molar refractivity (Wildman–Crippen MR) is 155 cm³/mol. The van der Waals surface area contributed by atoms with Crippen molar-refractivity contribution in [2.45, 2.75) is 88.1 Å². The van der Waals surface area contributed by atoms with Gasteiger partial charge in [-0.25, -0.2) is 4.39 Å². The number of fused-ring (bicyclic) bond motifs is 4. The van der Waals surface area contributed by atoms with Crippen LogP contribution in [0.2, 0.25) is 0 Å². The summed E-state index contributed by atoms with van der Waals surface area (Å²) in [5, 5.41) is 19.8. The van der Waals surface area contributed by atoms with Crippen LogP contribution in [0.3, 0.4) is 0 Å². The molecule has 10 heteroatoms. The molecule has 3 saturated heterocycles. The van der Waals surface area contributed by atoms with Gasteiger partial charge in [0, 0.05) is 49.3 Å².